The minimum Gasteiger partial charge on any atom is -0.362 e. The SMILES string of the molecule is CC(=O)N1CCC2=C(C1)C(Nc1cccc(-c3cnn(C)c3)c1F)N(C)N2C. The Kier molecular flexibility index (Phi) is 4.58. The van der Waals surface area contributed by atoms with Crippen molar-refractivity contribution in [3.63, 3.8) is 0 Å². The zero-order chi connectivity index (χ0) is 20.0. The van der Waals surface area contributed by atoms with Gasteiger partial charge in [0.25, 0.3) is 0 Å². The molecular weight excluding hydrogens is 359 g/mol. The van der Waals surface area contributed by atoms with E-state index >= 15 is 4.39 Å². The van der Waals surface area contributed by atoms with Gasteiger partial charge in [-0.1, -0.05) is 12.1 Å². The van der Waals surface area contributed by atoms with Gasteiger partial charge < -0.3 is 15.2 Å². The predicted octanol–water partition coefficient (Wildman–Crippen LogP) is 2.26. The van der Waals surface area contributed by atoms with Crippen molar-refractivity contribution >= 4 is 11.6 Å². The fourth-order valence-electron chi connectivity index (χ4n) is 4.00. The summed E-state index contributed by atoms with van der Waals surface area (Å²) in [6.45, 7) is 2.86. The van der Waals surface area contributed by atoms with Gasteiger partial charge in [-0.25, -0.2) is 4.39 Å². The lowest BCUT2D eigenvalue weighted by atomic mass is 10.0. The number of amides is 1. The maximum atomic E-state index is 15.3. The van der Waals surface area contributed by atoms with Crippen molar-refractivity contribution in [2.24, 2.45) is 7.05 Å². The molecule has 0 aliphatic carbocycles. The molecule has 3 heterocycles. The number of likely N-dealkylation sites (N-methyl/N-ethyl adjacent to an activating group) is 1. The van der Waals surface area contributed by atoms with Crippen LogP contribution in [0.3, 0.4) is 0 Å². The molecule has 0 radical (unpaired) electrons. The lowest BCUT2D eigenvalue weighted by Gasteiger charge is -2.30. The number of carbonyl (C=O) groups is 1. The molecule has 2 aliphatic heterocycles. The Bertz CT molecular complexity index is 952. The van der Waals surface area contributed by atoms with Crippen molar-refractivity contribution in [2.75, 3.05) is 32.5 Å². The average Bonchev–Trinajstić information content (AvgIpc) is 3.20. The molecule has 0 saturated heterocycles. The number of hydrogen-bond donors (Lipinski definition) is 1. The molecule has 8 heteroatoms. The van der Waals surface area contributed by atoms with Crippen molar-refractivity contribution in [3.8, 4) is 11.1 Å². The monoisotopic (exact) mass is 384 g/mol. The lowest BCUT2D eigenvalue weighted by Crippen LogP contribution is -2.43. The van der Waals surface area contributed by atoms with Crippen molar-refractivity contribution in [2.45, 2.75) is 19.5 Å². The predicted molar refractivity (Wildman–Crippen MR) is 105 cm³/mol. The standard InChI is InChI=1S/C20H25FN6O/c1-13(28)27-9-8-18-16(12-27)20(26(4)25(18)3)23-17-7-5-6-15(19(17)21)14-10-22-24(2)11-14/h5-7,10-11,20,23H,8-9,12H2,1-4H3. The smallest absolute Gasteiger partial charge is 0.219 e. The fourth-order valence-corrected chi connectivity index (χ4v) is 4.00. The molecular formula is C20H25FN6O. The first-order valence-corrected chi connectivity index (χ1v) is 9.34. The highest BCUT2D eigenvalue weighted by Crippen LogP contribution is 2.35. The van der Waals surface area contributed by atoms with Crippen molar-refractivity contribution in [1.29, 1.82) is 0 Å². The van der Waals surface area contributed by atoms with Gasteiger partial charge >= 0.3 is 0 Å². The number of hydrogen-bond acceptors (Lipinski definition) is 5. The number of rotatable bonds is 3. The molecule has 1 unspecified atom stereocenters. The summed E-state index contributed by atoms with van der Waals surface area (Å²) >= 11 is 0. The van der Waals surface area contributed by atoms with Crippen LogP contribution in [0.1, 0.15) is 13.3 Å². The highest BCUT2D eigenvalue weighted by atomic mass is 19.1. The fraction of sp³-hybridized carbons (Fsp3) is 0.400. The third-order valence-corrected chi connectivity index (χ3v) is 5.67. The normalized spacial score (nSPS) is 20.0. The second-order valence-electron chi connectivity index (χ2n) is 7.38. The number of carbonyl (C=O) groups excluding carboxylic acids is 1. The van der Waals surface area contributed by atoms with Crippen LogP contribution in [0.15, 0.2) is 41.9 Å². The summed E-state index contributed by atoms with van der Waals surface area (Å²) in [5.74, 6) is -0.243. The highest BCUT2D eigenvalue weighted by molar-refractivity contribution is 5.74. The van der Waals surface area contributed by atoms with Crippen LogP contribution in [0.25, 0.3) is 11.1 Å². The lowest BCUT2D eigenvalue weighted by molar-refractivity contribution is -0.128. The van der Waals surface area contributed by atoms with E-state index in [1.54, 1.807) is 36.1 Å². The highest BCUT2D eigenvalue weighted by Gasteiger charge is 2.38. The second-order valence-corrected chi connectivity index (χ2v) is 7.38. The van der Waals surface area contributed by atoms with E-state index in [4.69, 9.17) is 0 Å². The van der Waals surface area contributed by atoms with E-state index in [0.29, 0.717) is 24.3 Å². The molecule has 7 nitrogen and oxygen atoms in total. The minimum atomic E-state index is -0.306. The Balaban J connectivity index is 1.65. The van der Waals surface area contributed by atoms with Crippen molar-refractivity contribution < 1.29 is 9.18 Å². The Labute approximate surface area is 164 Å². The number of hydrazine groups is 1. The summed E-state index contributed by atoms with van der Waals surface area (Å²) in [6, 6.07) is 5.34. The van der Waals surface area contributed by atoms with E-state index in [1.165, 1.54) is 5.70 Å². The molecule has 0 fully saturated rings. The summed E-state index contributed by atoms with van der Waals surface area (Å²) in [5, 5.41) is 11.6. The van der Waals surface area contributed by atoms with Crippen LogP contribution in [0.5, 0.6) is 0 Å². The van der Waals surface area contributed by atoms with Gasteiger partial charge in [0, 0.05) is 76.2 Å². The Morgan fingerprint density at radius 2 is 2.07 bits per heavy atom. The van der Waals surface area contributed by atoms with Crippen molar-refractivity contribution in [1.82, 2.24) is 24.7 Å². The summed E-state index contributed by atoms with van der Waals surface area (Å²) < 4.78 is 16.9. The van der Waals surface area contributed by atoms with E-state index in [1.807, 2.05) is 37.1 Å². The summed E-state index contributed by atoms with van der Waals surface area (Å²) in [4.78, 5) is 13.7. The number of aryl methyl sites for hydroxylation is 1. The molecule has 0 spiro atoms. The first kappa shape index (κ1) is 18.5. The average molecular weight is 384 g/mol. The molecule has 4 rings (SSSR count). The van der Waals surface area contributed by atoms with E-state index in [9.17, 15) is 4.79 Å². The molecule has 0 bridgehead atoms. The molecule has 0 saturated carbocycles. The van der Waals surface area contributed by atoms with E-state index < -0.39 is 0 Å². The summed E-state index contributed by atoms with van der Waals surface area (Å²) in [7, 11) is 5.78. The topological polar surface area (TPSA) is 56.6 Å². The van der Waals surface area contributed by atoms with Crippen molar-refractivity contribution in [3.05, 3.63) is 47.7 Å². The van der Waals surface area contributed by atoms with Gasteiger partial charge in [-0.2, -0.15) is 10.1 Å². The van der Waals surface area contributed by atoms with Gasteiger partial charge in [-0.15, -0.1) is 0 Å². The third-order valence-electron chi connectivity index (χ3n) is 5.67. The van der Waals surface area contributed by atoms with Crippen LogP contribution in [0, 0.1) is 5.82 Å². The zero-order valence-corrected chi connectivity index (χ0v) is 16.6. The molecule has 1 aromatic carbocycles. The van der Waals surface area contributed by atoms with Crippen LogP contribution in [-0.2, 0) is 11.8 Å². The molecule has 1 aromatic heterocycles. The molecule has 28 heavy (non-hydrogen) atoms. The van der Waals surface area contributed by atoms with Crippen LogP contribution < -0.4 is 5.32 Å². The van der Waals surface area contributed by atoms with Gasteiger partial charge in [-0.3, -0.25) is 9.48 Å². The van der Waals surface area contributed by atoms with Crippen LogP contribution in [0.2, 0.25) is 0 Å². The number of nitrogens with zero attached hydrogens (tertiary/aromatic N) is 5. The van der Waals surface area contributed by atoms with E-state index in [2.05, 4.69) is 15.4 Å². The number of benzene rings is 1. The molecule has 1 N–H and O–H groups in total. The molecule has 1 amide bonds. The molecule has 1 atom stereocenters. The van der Waals surface area contributed by atoms with Crippen LogP contribution >= 0.6 is 0 Å². The second kappa shape index (κ2) is 6.94. The van der Waals surface area contributed by atoms with Gasteiger partial charge in [0.05, 0.1) is 11.9 Å². The molecule has 2 aliphatic rings. The van der Waals surface area contributed by atoms with E-state index in [0.717, 1.165) is 17.6 Å². The minimum absolute atomic E-state index is 0.0623. The van der Waals surface area contributed by atoms with Crippen LogP contribution in [0.4, 0.5) is 10.1 Å². The number of halogens is 1. The third kappa shape index (κ3) is 3.03. The van der Waals surface area contributed by atoms with Gasteiger partial charge in [0.15, 0.2) is 5.82 Å². The largest absolute Gasteiger partial charge is 0.362 e. The Hall–Kier alpha value is -2.87. The van der Waals surface area contributed by atoms with Gasteiger partial charge in [0.2, 0.25) is 5.91 Å². The Morgan fingerprint density at radius 3 is 2.75 bits per heavy atom. The molecule has 2 aromatic rings. The Morgan fingerprint density at radius 1 is 1.29 bits per heavy atom. The first-order valence-electron chi connectivity index (χ1n) is 9.34. The first-order chi connectivity index (χ1) is 13.4. The summed E-state index contributed by atoms with van der Waals surface area (Å²) in [5.41, 5.74) is 3.98. The van der Waals surface area contributed by atoms with Gasteiger partial charge in [-0.05, 0) is 6.07 Å². The molecule has 148 valence electrons. The quantitative estimate of drug-likeness (QED) is 0.880. The number of anilines is 1. The zero-order valence-electron chi connectivity index (χ0n) is 16.6. The number of nitrogens with one attached hydrogen (secondary N) is 1. The summed E-state index contributed by atoms with van der Waals surface area (Å²) in [6.07, 6.45) is 4.04. The van der Waals surface area contributed by atoms with E-state index in [-0.39, 0.29) is 17.9 Å². The number of aromatic nitrogens is 2. The van der Waals surface area contributed by atoms with Crippen LogP contribution in [-0.4, -0.2) is 64.0 Å². The van der Waals surface area contributed by atoms with Gasteiger partial charge in [0.1, 0.15) is 6.17 Å². The maximum Gasteiger partial charge on any atom is 0.219 e. The maximum absolute atomic E-state index is 15.3.